The second kappa shape index (κ2) is 5.78. The van der Waals surface area contributed by atoms with E-state index in [4.69, 9.17) is 4.98 Å². The largest absolute Gasteiger partial charge is 0.326 e. The predicted octanol–water partition coefficient (Wildman–Crippen LogP) is 5.37. The summed E-state index contributed by atoms with van der Waals surface area (Å²) in [4.78, 5) is 12.9. The third kappa shape index (κ3) is 2.32. The van der Waals surface area contributed by atoms with Gasteiger partial charge in [0.2, 0.25) is 0 Å². The van der Waals surface area contributed by atoms with Crippen LogP contribution in [0.3, 0.4) is 0 Å². The number of nitrogens with one attached hydrogen (secondary N) is 1. The van der Waals surface area contributed by atoms with E-state index in [-0.39, 0.29) is 11.3 Å². The van der Waals surface area contributed by atoms with Gasteiger partial charge in [-0.3, -0.25) is 0 Å². The van der Waals surface area contributed by atoms with Gasteiger partial charge in [-0.15, -0.1) is 0 Å². The maximum atomic E-state index is 4.92. The summed E-state index contributed by atoms with van der Waals surface area (Å²) in [7, 11) is 0. The molecule has 1 aliphatic rings. The number of halogens is 1. The van der Waals surface area contributed by atoms with E-state index in [1.165, 1.54) is 16.7 Å². The standard InChI is InChI=1S/C22H18BrN3/c1-22(21-25-18-8-5-11-24-20(18)26-21)13-15-9-10-16(23)12-17(15)19(22)14-6-3-2-4-7-14/h2-12,19H,13H2,1H3,(H,24,25,26)/t19-,22+/m1/s1. The van der Waals surface area contributed by atoms with Gasteiger partial charge in [-0.2, -0.15) is 0 Å². The normalized spacial score (nSPS) is 21.8. The molecule has 0 aliphatic heterocycles. The van der Waals surface area contributed by atoms with E-state index in [9.17, 15) is 0 Å². The van der Waals surface area contributed by atoms with E-state index in [2.05, 4.69) is 81.4 Å². The van der Waals surface area contributed by atoms with Crippen LogP contribution in [0.4, 0.5) is 0 Å². The molecule has 0 bridgehead atoms. The van der Waals surface area contributed by atoms with Crippen LogP contribution in [-0.2, 0) is 11.8 Å². The van der Waals surface area contributed by atoms with E-state index in [0.717, 1.165) is 27.9 Å². The Hall–Kier alpha value is -2.46. The smallest absolute Gasteiger partial charge is 0.157 e. The molecular weight excluding hydrogens is 386 g/mol. The minimum absolute atomic E-state index is 0.148. The lowest BCUT2D eigenvalue weighted by Crippen LogP contribution is -2.29. The number of fused-ring (bicyclic) bond motifs is 2. The van der Waals surface area contributed by atoms with Gasteiger partial charge in [-0.1, -0.05) is 59.3 Å². The van der Waals surface area contributed by atoms with Crippen LogP contribution in [-0.4, -0.2) is 15.0 Å². The van der Waals surface area contributed by atoms with E-state index >= 15 is 0 Å². The van der Waals surface area contributed by atoms with Crippen molar-refractivity contribution in [3.8, 4) is 0 Å². The molecule has 2 aromatic carbocycles. The fourth-order valence-electron chi connectivity index (χ4n) is 4.36. The zero-order valence-electron chi connectivity index (χ0n) is 14.4. The van der Waals surface area contributed by atoms with Gasteiger partial charge in [0.15, 0.2) is 5.65 Å². The Morgan fingerprint density at radius 1 is 1.08 bits per heavy atom. The van der Waals surface area contributed by atoms with Gasteiger partial charge in [-0.25, -0.2) is 9.97 Å². The summed E-state index contributed by atoms with van der Waals surface area (Å²) >= 11 is 3.65. The van der Waals surface area contributed by atoms with Crippen molar-refractivity contribution < 1.29 is 0 Å². The first-order chi connectivity index (χ1) is 12.6. The van der Waals surface area contributed by atoms with Crippen molar-refractivity contribution in [2.24, 2.45) is 0 Å². The summed E-state index contributed by atoms with van der Waals surface area (Å²) in [5.41, 5.74) is 5.71. The summed E-state index contributed by atoms with van der Waals surface area (Å²) in [5, 5.41) is 0. The average Bonchev–Trinajstić information content (AvgIpc) is 3.21. The SMILES string of the molecule is C[C@]1(c2nc3cccnc3[nH]2)Cc2ccc(Br)cc2[C@H]1c1ccccc1. The van der Waals surface area contributed by atoms with Crippen molar-refractivity contribution in [2.75, 3.05) is 0 Å². The Labute approximate surface area is 160 Å². The molecule has 0 fully saturated rings. The number of hydrogen-bond donors (Lipinski definition) is 1. The minimum atomic E-state index is -0.148. The fourth-order valence-corrected chi connectivity index (χ4v) is 4.74. The fraction of sp³-hybridized carbons (Fsp3) is 0.182. The van der Waals surface area contributed by atoms with Crippen molar-refractivity contribution in [3.05, 3.63) is 93.8 Å². The van der Waals surface area contributed by atoms with Gasteiger partial charge in [0, 0.05) is 22.0 Å². The van der Waals surface area contributed by atoms with Crippen LogP contribution in [0, 0.1) is 0 Å². The highest BCUT2D eigenvalue weighted by Gasteiger charge is 2.46. The monoisotopic (exact) mass is 403 g/mol. The van der Waals surface area contributed by atoms with E-state index in [1.54, 1.807) is 0 Å². The maximum Gasteiger partial charge on any atom is 0.157 e. The van der Waals surface area contributed by atoms with Gasteiger partial charge in [0.1, 0.15) is 11.3 Å². The molecule has 0 unspecified atom stereocenters. The zero-order chi connectivity index (χ0) is 17.7. The molecule has 4 heteroatoms. The van der Waals surface area contributed by atoms with Crippen LogP contribution in [0.5, 0.6) is 0 Å². The number of pyridine rings is 1. The van der Waals surface area contributed by atoms with Crippen molar-refractivity contribution >= 4 is 27.1 Å². The lowest BCUT2D eigenvalue weighted by molar-refractivity contribution is 0.426. The highest BCUT2D eigenvalue weighted by Crippen LogP contribution is 2.52. The molecule has 128 valence electrons. The second-order valence-corrected chi connectivity index (χ2v) is 8.15. The molecule has 0 amide bonds. The number of aromatic amines is 1. The Balaban J connectivity index is 1.74. The Morgan fingerprint density at radius 3 is 2.73 bits per heavy atom. The van der Waals surface area contributed by atoms with Crippen molar-refractivity contribution in [1.82, 2.24) is 15.0 Å². The molecule has 0 spiro atoms. The quantitative estimate of drug-likeness (QED) is 0.488. The highest BCUT2D eigenvalue weighted by atomic mass is 79.9. The van der Waals surface area contributed by atoms with Crippen molar-refractivity contribution in [1.29, 1.82) is 0 Å². The molecule has 0 saturated carbocycles. The second-order valence-electron chi connectivity index (χ2n) is 7.24. The van der Waals surface area contributed by atoms with Crippen LogP contribution in [0.25, 0.3) is 11.2 Å². The highest BCUT2D eigenvalue weighted by molar-refractivity contribution is 9.10. The first-order valence-corrected chi connectivity index (χ1v) is 9.59. The molecule has 2 aromatic heterocycles. The lowest BCUT2D eigenvalue weighted by Gasteiger charge is -2.30. The molecule has 1 aliphatic carbocycles. The lowest BCUT2D eigenvalue weighted by atomic mass is 9.73. The van der Waals surface area contributed by atoms with Crippen LogP contribution < -0.4 is 0 Å². The van der Waals surface area contributed by atoms with Crippen LogP contribution >= 0.6 is 15.9 Å². The summed E-state index contributed by atoms with van der Waals surface area (Å²) in [6.07, 6.45) is 2.76. The molecule has 2 atom stereocenters. The first-order valence-electron chi connectivity index (χ1n) is 8.80. The Morgan fingerprint density at radius 2 is 1.92 bits per heavy atom. The Bertz CT molecular complexity index is 1070. The number of benzene rings is 2. The molecule has 0 saturated heterocycles. The number of nitrogens with zero attached hydrogens (tertiary/aromatic N) is 2. The van der Waals surface area contributed by atoms with E-state index in [0.29, 0.717) is 0 Å². The molecule has 0 radical (unpaired) electrons. The average molecular weight is 404 g/mol. The van der Waals surface area contributed by atoms with E-state index in [1.807, 2.05) is 18.3 Å². The van der Waals surface area contributed by atoms with Crippen molar-refractivity contribution in [2.45, 2.75) is 24.7 Å². The summed E-state index contributed by atoms with van der Waals surface area (Å²) < 4.78 is 1.12. The minimum Gasteiger partial charge on any atom is -0.326 e. The molecule has 4 aromatic rings. The molecule has 3 nitrogen and oxygen atoms in total. The zero-order valence-corrected chi connectivity index (χ0v) is 16.0. The summed E-state index contributed by atoms with van der Waals surface area (Å²) in [6.45, 7) is 2.32. The molecule has 5 rings (SSSR count). The number of hydrogen-bond acceptors (Lipinski definition) is 2. The predicted molar refractivity (Wildman–Crippen MR) is 107 cm³/mol. The summed E-state index contributed by atoms with van der Waals surface area (Å²) in [6, 6.07) is 21.3. The number of H-pyrrole nitrogens is 1. The molecule has 26 heavy (non-hydrogen) atoms. The van der Waals surface area contributed by atoms with Gasteiger partial charge in [0.05, 0.1) is 0 Å². The van der Waals surface area contributed by atoms with Gasteiger partial charge in [0.25, 0.3) is 0 Å². The van der Waals surface area contributed by atoms with Gasteiger partial charge < -0.3 is 4.98 Å². The first kappa shape index (κ1) is 15.8. The number of imidazole rings is 1. The summed E-state index contributed by atoms with van der Waals surface area (Å²) in [5.74, 6) is 1.25. The Kier molecular flexibility index (Phi) is 3.50. The molecular formula is C22H18BrN3. The number of aromatic nitrogens is 3. The van der Waals surface area contributed by atoms with Crippen LogP contribution in [0.1, 0.15) is 35.4 Å². The third-order valence-electron chi connectivity index (χ3n) is 5.54. The topological polar surface area (TPSA) is 41.6 Å². The van der Waals surface area contributed by atoms with Crippen LogP contribution in [0.15, 0.2) is 71.3 Å². The van der Waals surface area contributed by atoms with E-state index < -0.39 is 0 Å². The van der Waals surface area contributed by atoms with Gasteiger partial charge >= 0.3 is 0 Å². The van der Waals surface area contributed by atoms with Gasteiger partial charge in [-0.05, 0) is 47.4 Å². The maximum absolute atomic E-state index is 4.92. The third-order valence-corrected chi connectivity index (χ3v) is 6.04. The molecule has 2 heterocycles. The molecule has 1 N–H and O–H groups in total. The van der Waals surface area contributed by atoms with Crippen LogP contribution in [0.2, 0.25) is 0 Å². The number of rotatable bonds is 2. The van der Waals surface area contributed by atoms with Crippen molar-refractivity contribution in [3.63, 3.8) is 0 Å².